The average molecular weight is 375 g/mol. The first-order valence-electron chi connectivity index (χ1n) is 8.23. The van der Waals surface area contributed by atoms with Gasteiger partial charge in [-0.3, -0.25) is 4.79 Å². The number of pyridine rings is 1. The summed E-state index contributed by atoms with van der Waals surface area (Å²) in [5.74, 6) is 1.01. The number of carbonyl (C=O) groups excluding carboxylic acids is 1. The lowest BCUT2D eigenvalue weighted by atomic mass is 9.71. The smallest absolute Gasteiger partial charge is 0.255 e. The van der Waals surface area contributed by atoms with E-state index < -0.39 is 0 Å². The summed E-state index contributed by atoms with van der Waals surface area (Å²) in [6.07, 6.45) is 6.50. The number of aromatic nitrogens is 1. The van der Waals surface area contributed by atoms with E-state index in [-0.39, 0.29) is 30.7 Å². The molecule has 0 aromatic carbocycles. The SMILES string of the molecule is CN(C)c1ccc(C(=O)N2CCC3(CCNCC3)CC2)cn1.Cl.Cl. The first kappa shape index (κ1) is 21.0. The molecule has 0 bridgehead atoms. The molecule has 2 aliphatic rings. The highest BCUT2D eigenvalue weighted by Crippen LogP contribution is 2.39. The largest absolute Gasteiger partial charge is 0.363 e. The van der Waals surface area contributed by atoms with Crippen LogP contribution >= 0.6 is 24.8 Å². The molecule has 5 nitrogen and oxygen atoms in total. The summed E-state index contributed by atoms with van der Waals surface area (Å²) in [6, 6.07) is 3.80. The van der Waals surface area contributed by atoms with Gasteiger partial charge in [-0.25, -0.2) is 4.98 Å². The Hall–Kier alpha value is -1.04. The normalized spacial score (nSPS) is 19.2. The van der Waals surface area contributed by atoms with Gasteiger partial charge < -0.3 is 15.1 Å². The molecule has 24 heavy (non-hydrogen) atoms. The summed E-state index contributed by atoms with van der Waals surface area (Å²) in [4.78, 5) is 20.9. The van der Waals surface area contributed by atoms with Gasteiger partial charge >= 0.3 is 0 Å². The summed E-state index contributed by atoms with van der Waals surface area (Å²) >= 11 is 0. The number of nitrogens with one attached hydrogen (secondary N) is 1. The number of hydrogen-bond donors (Lipinski definition) is 1. The van der Waals surface area contributed by atoms with Gasteiger partial charge in [0.05, 0.1) is 5.56 Å². The second-order valence-corrected chi connectivity index (χ2v) is 6.84. The van der Waals surface area contributed by atoms with E-state index in [1.54, 1.807) is 6.20 Å². The molecule has 2 aliphatic heterocycles. The number of nitrogens with zero attached hydrogens (tertiary/aromatic N) is 3. The second-order valence-electron chi connectivity index (χ2n) is 6.84. The minimum absolute atomic E-state index is 0. The lowest BCUT2D eigenvalue weighted by molar-refractivity contribution is 0.0495. The zero-order valence-corrected chi connectivity index (χ0v) is 16.1. The summed E-state index contributed by atoms with van der Waals surface area (Å²) in [5, 5.41) is 3.44. The van der Waals surface area contributed by atoms with Gasteiger partial charge in [-0.05, 0) is 56.3 Å². The molecule has 0 atom stereocenters. The van der Waals surface area contributed by atoms with Crippen molar-refractivity contribution >= 4 is 36.5 Å². The average Bonchev–Trinajstić information content (AvgIpc) is 2.56. The standard InChI is InChI=1S/C17H26N4O.2ClH/c1-20(2)15-4-3-14(13-19-15)16(22)21-11-7-17(8-12-21)5-9-18-10-6-17;;/h3-4,13,18H,5-12H2,1-2H3;2*1H. The van der Waals surface area contributed by atoms with Gasteiger partial charge in [0.1, 0.15) is 5.82 Å². The lowest BCUT2D eigenvalue weighted by Crippen LogP contribution is -2.47. The topological polar surface area (TPSA) is 48.5 Å². The van der Waals surface area contributed by atoms with Crippen LogP contribution in [0.3, 0.4) is 0 Å². The molecule has 1 aromatic rings. The number of amides is 1. The van der Waals surface area contributed by atoms with Crippen LogP contribution in [0.5, 0.6) is 0 Å². The zero-order chi connectivity index (χ0) is 15.6. The Bertz CT molecular complexity index is 520. The van der Waals surface area contributed by atoms with E-state index in [1.807, 2.05) is 36.0 Å². The van der Waals surface area contributed by atoms with Gasteiger partial charge in [0.2, 0.25) is 0 Å². The van der Waals surface area contributed by atoms with Crippen LogP contribution in [0.15, 0.2) is 18.3 Å². The predicted molar refractivity (Wildman–Crippen MR) is 103 cm³/mol. The van der Waals surface area contributed by atoms with Crippen LogP contribution in [-0.4, -0.2) is 56.1 Å². The first-order chi connectivity index (χ1) is 10.6. The van der Waals surface area contributed by atoms with Crippen molar-refractivity contribution in [3.05, 3.63) is 23.9 Å². The Morgan fingerprint density at radius 2 is 1.75 bits per heavy atom. The number of rotatable bonds is 2. The van der Waals surface area contributed by atoms with Crippen molar-refractivity contribution < 1.29 is 4.79 Å². The number of carbonyl (C=O) groups is 1. The molecule has 2 fully saturated rings. The van der Waals surface area contributed by atoms with Crippen molar-refractivity contribution in [2.45, 2.75) is 25.7 Å². The van der Waals surface area contributed by atoms with Crippen molar-refractivity contribution in [1.82, 2.24) is 15.2 Å². The highest BCUT2D eigenvalue weighted by Gasteiger charge is 2.36. The number of hydrogen-bond acceptors (Lipinski definition) is 4. The molecule has 0 radical (unpaired) electrons. The van der Waals surface area contributed by atoms with Gasteiger partial charge in [-0.1, -0.05) is 0 Å². The van der Waals surface area contributed by atoms with E-state index in [1.165, 1.54) is 12.8 Å². The molecular weight excluding hydrogens is 347 g/mol. The lowest BCUT2D eigenvalue weighted by Gasteiger charge is -2.44. The number of piperidine rings is 2. The second kappa shape index (κ2) is 8.88. The molecule has 3 heterocycles. The van der Waals surface area contributed by atoms with Gasteiger partial charge in [-0.15, -0.1) is 24.8 Å². The number of halogens is 2. The fourth-order valence-electron chi connectivity index (χ4n) is 3.60. The quantitative estimate of drug-likeness (QED) is 0.863. The van der Waals surface area contributed by atoms with Crippen LogP contribution in [0.25, 0.3) is 0 Å². The third-order valence-corrected chi connectivity index (χ3v) is 5.23. The van der Waals surface area contributed by atoms with Crippen LogP contribution < -0.4 is 10.2 Å². The number of anilines is 1. The van der Waals surface area contributed by atoms with E-state index in [0.29, 0.717) is 11.0 Å². The van der Waals surface area contributed by atoms with Crippen LogP contribution in [0.1, 0.15) is 36.0 Å². The Balaban J connectivity index is 0.00000144. The van der Waals surface area contributed by atoms with E-state index in [2.05, 4.69) is 10.3 Å². The Morgan fingerprint density at radius 1 is 1.12 bits per heavy atom. The fourth-order valence-corrected chi connectivity index (χ4v) is 3.60. The minimum atomic E-state index is 0. The van der Waals surface area contributed by atoms with Crippen molar-refractivity contribution in [2.24, 2.45) is 5.41 Å². The highest BCUT2D eigenvalue weighted by molar-refractivity contribution is 5.94. The monoisotopic (exact) mass is 374 g/mol. The first-order valence-corrected chi connectivity index (χ1v) is 8.23. The molecule has 1 spiro atoms. The Labute approximate surface area is 157 Å². The molecule has 3 rings (SSSR count). The van der Waals surface area contributed by atoms with Crippen molar-refractivity contribution in [1.29, 1.82) is 0 Å². The molecule has 7 heteroatoms. The van der Waals surface area contributed by atoms with Crippen molar-refractivity contribution in [3.8, 4) is 0 Å². The van der Waals surface area contributed by atoms with E-state index in [0.717, 1.165) is 44.8 Å². The maximum atomic E-state index is 12.6. The molecule has 1 aromatic heterocycles. The molecular formula is C17H28Cl2N4O. The molecule has 1 N–H and O–H groups in total. The third-order valence-electron chi connectivity index (χ3n) is 5.23. The van der Waals surface area contributed by atoms with Crippen LogP contribution in [-0.2, 0) is 0 Å². The summed E-state index contributed by atoms with van der Waals surface area (Å²) in [6.45, 7) is 4.02. The molecule has 0 aliphatic carbocycles. The van der Waals surface area contributed by atoms with Gasteiger partial charge in [0.15, 0.2) is 0 Å². The summed E-state index contributed by atoms with van der Waals surface area (Å²) in [7, 11) is 3.90. The van der Waals surface area contributed by atoms with Crippen LogP contribution in [0.2, 0.25) is 0 Å². The number of likely N-dealkylation sites (tertiary alicyclic amines) is 1. The van der Waals surface area contributed by atoms with Gasteiger partial charge in [-0.2, -0.15) is 0 Å². The van der Waals surface area contributed by atoms with Gasteiger partial charge in [0.25, 0.3) is 5.91 Å². The molecule has 0 saturated carbocycles. The predicted octanol–water partition coefficient (Wildman–Crippen LogP) is 2.60. The highest BCUT2D eigenvalue weighted by atomic mass is 35.5. The maximum absolute atomic E-state index is 12.6. The third kappa shape index (κ3) is 4.52. The summed E-state index contributed by atoms with van der Waals surface area (Å²) in [5.41, 5.74) is 1.18. The zero-order valence-electron chi connectivity index (χ0n) is 14.5. The summed E-state index contributed by atoms with van der Waals surface area (Å²) < 4.78 is 0. The Morgan fingerprint density at radius 3 is 2.25 bits per heavy atom. The van der Waals surface area contributed by atoms with Crippen molar-refractivity contribution in [3.63, 3.8) is 0 Å². The minimum Gasteiger partial charge on any atom is -0.363 e. The fraction of sp³-hybridized carbons (Fsp3) is 0.647. The molecule has 0 unspecified atom stereocenters. The Kier molecular flexibility index (Phi) is 7.77. The van der Waals surface area contributed by atoms with E-state index >= 15 is 0 Å². The van der Waals surface area contributed by atoms with Crippen molar-refractivity contribution in [2.75, 3.05) is 45.2 Å². The van der Waals surface area contributed by atoms with E-state index in [9.17, 15) is 4.79 Å². The molecule has 2 saturated heterocycles. The van der Waals surface area contributed by atoms with Crippen LogP contribution in [0, 0.1) is 5.41 Å². The molecule has 136 valence electrons. The van der Waals surface area contributed by atoms with Crippen LogP contribution in [0.4, 0.5) is 5.82 Å². The van der Waals surface area contributed by atoms with E-state index in [4.69, 9.17) is 0 Å². The maximum Gasteiger partial charge on any atom is 0.255 e. The molecule has 1 amide bonds. The van der Waals surface area contributed by atoms with Gasteiger partial charge in [0, 0.05) is 33.4 Å².